The molecular formula is C18H27F2N3O5. The van der Waals surface area contributed by atoms with Crippen LogP contribution in [0.15, 0.2) is 11.0 Å². The van der Waals surface area contributed by atoms with Crippen molar-refractivity contribution in [1.29, 1.82) is 0 Å². The number of rotatable bonds is 11. The largest absolute Gasteiger partial charge is 0.379 e. The van der Waals surface area contributed by atoms with E-state index >= 15 is 4.39 Å². The molecule has 0 spiro atoms. The van der Waals surface area contributed by atoms with Crippen LogP contribution in [0, 0.1) is 5.95 Å². The second-order valence-corrected chi connectivity index (χ2v) is 6.62. The van der Waals surface area contributed by atoms with Crippen molar-refractivity contribution in [2.24, 2.45) is 5.73 Å². The summed E-state index contributed by atoms with van der Waals surface area (Å²) in [6, 6.07) is 0. The van der Waals surface area contributed by atoms with Gasteiger partial charge < -0.3 is 19.9 Å². The predicted molar refractivity (Wildman–Crippen MR) is 96.2 cm³/mol. The van der Waals surface area contributed by atoms with Gasteiger partial charge in [0.05, 0.1) is 12.8 Å². The van der Waals surface area contributed by atoms with Crippen LogP contribution in [0.3, 0.4) is 0 Å². The minimum Gasteiger partial charge on any atom is -0.379 e. The fourth-order valence-electron chi connectivity index (χ4n) is 2.89. The molecule has 0 aromatic carbocycles. The third-order valence-corrected chi connectivity index (χ3v) is 4.41. The Hall–Kier alpha value is -1.91. The normalized spacial score (nSPS) is 24.6. The molecule has 8 nitrogen and oxygen atoms in total. The molecule has 0 radical (unpaired) electrons. The van der Waals surface area contributed by atoms with Gasteiger partial charge in [-0.05, 0) is 12.8 Å². The van der Waals surface area contributed by atoms with E-state index in [0.29, 0.717) is 24.0 Å². The third-order valence-electron chi connectivity index (χ3n) is 4.41. The first-order valence-corrected chi connectivity index (χ1v) is 9.48. The lowest BCUT2D eigenvalue weighted by Gasteiger charge is -2.19. The molecule has 158 valence electrons. The van der Waals surface area contributed by atoms with Crippen LogP contribution in [-0.4, -0.2) is 53.7 Å². The summed E-state index contributed by atoms with van der Waals surface area (Å²) >= 11 is 0. The molecule has 2 heterocycles. The topological polar surface area (TPSA) is 106 Å². The summed E-state index contributed by atoms with van der Waals surface area (Å²) < 4.78 is 46.3. The van der Waals surface area contributed by atoms with Gasteiger partial charge in [-0.2, -0.15) is 4.39 Å². The maximum atomic E-state index is 15.1. The lowest BCUT2D eigenvalue weighted by atomic mass is 10.1. The molecule has 0 saturated carbocycles. The van der Waals surface area contributed by atoms with Crippen LogP contribution in [0.5, 0.6) is 0 Å². The molecule has 1 aromatic rings. The summed E-state index contributed by atoms with van der Waals surface area (Å²) in [6.07, 6.45) is -0.949. The monoisotopic (exact) mass is 403 g/mol. The molecule has 1 aromatic heterocycles. The van der Waals surface area contributed by atoms with Crippen molar-refractivity contribution in [3.05, 3.63) is 28.2 Å². The second-order valence-electron chi connectivity index (χ2n) is 6.62. The fraction of sp³-hybridized carbons (Fsp3) is 0.722. The summed E-state index contributed by atoms with van der Waals surface area (Å²) in [7, 11) is 0. The minimum absolute atomic E-state index is 0.0682. The van der Waals surface area contributed by atoms with Crippen LogP contribution in [0.1, 0.15) is 56.2 Å². The van der Waals surface area contributed by atoms with E-state index in [-0.39, 0.29) is 6.61 Å². The zero-order chi connectivity index (χ0) is 20.7. The van der Waals surface area contributed by atoms with Gasteiger partial charge in [0.1, 0.15) is 12.2 Å². The molecule has 1 saturated heterocycles. The number of ether oxygens (including phenoxy) is 3. The second kappa shape index (κ2) is 10.6. The molecule has 2 N–H and O–H groups in total. The van der Waals surface area contributed by atoms with Crippen molar-refractivity contribution in [3.63, 3.8) is 0 Å². The van der Waals surface area contributed by atoms with Crippen LogP contribution in [-0.2, 0) is 14.2 Å². The number of alkyl halides is 1. The quantitative estimate of drug-likeness (QED) is 0.564. The Kier molecular flexibility index (Phi) is 8.46. The first-order valence-electron chi connectivity index (χ1n) is 9.48. The Morgan fingerprint density at radius 1 is 1.32 bits per heavy atom. The summed E-state index contributed by atoms with van der Waals surface area (Å²) in [6.45, 7) is 4.85. The molecule has 1 aliphatic rings. The Labute approximate surface area is 162 Å². The summed E-state index contributed by atoms with van der Waals surface area (Å²) in [5, 5.41) is 0. The van der Waals surface area contributed by atoms with Crippen LogP contribution < -0.4 is 11.3 Å². The van der Waals surface area contributed by atoms with Gasteiger partial charge in [0.25, 0.3) is 11.5 Å². The number of amides is 1. The van der Waals surface area contributed by atoms with E-state index in [1.54, 1.807) is 0 Å². The van der Waals surface area contributed by atoms with Crippen molar-refractivity contribution in [2.45, 2.75) is 64.1 Å². The van der Waals surface area contributed by atoms with Gasteiger partial charge in [0, 0.05) is 13.2 Å². The van der Waals surface area contributed by atoms with Crippen molar-refractivity contribution >= 4 is 5.91 Å². The van der Waals surface area contributed by atoms with Crippen LogP contribution >= 0.6 is 0 Å². The number of hydrogen-bond acceptors (Lipinski definition) is 6. The lowest BCUT2D eigenvalue weighted by molar-refractivity contribution is -0.0777. The Morgan fingerprint density at radius 3 is 2.64 bits per heavy atom. The summed E-state index contributed by atoms with van der Waals surface area (Å²) in [4.78, 5) is 26.9. The molecule has 28 heavy (non-hydrogen) atoms. The fourth-order valence-corrected chi connectivity index (χ4v) is 2.89. The third kappa shape index (κ3) is 5.33. The number of carbonyl (C=O) groups is 1. The molecule has 10 heteroatoms. The lowest BCUT2D eigenvalue weighted by Crippen LogP contribution is -2.38. The number of aromatic nitrogens is 2. The SMILES string of the molecule is CCCCOC[C@H]1O[C@@H](n2cc(F)nc(C(N)=O)c2=O)[C@@H](F)C1OCCCC. The van der Waals surface area contributed by atoms with Gasteiger partial charge in [-0.15, -0.1) is 0 Å². The van der Waals surface area contributed by atoms with Crippen molar-refractivity contribution in [3.8, 4) is 0 Å². The van der Waals surface area contributed by atoms with E-state index in [4.69, 9.17) is 19.9 Å². The number of primary amides is 1. The molecular weight excluding hydrogens is 376 g/mol. The number of nitrogens with zero attached hydrogens (tertiary/aromatic N) is 2. The Morgan fingerprint density at radius 2 is 2.00 bits per heavy atom. The van der Waals surface area contributed by atoms with Gasteiger partial charge in [0.2, 0.25) is 5.95 Å². The molecule has 1 aliphatic heterocycles. The van der Waals surface area contributed by atoms with E-state index < -0.39 is 47.7 Å². The molecule has 1 unspecified atom stereocenters. The average Bonchev–Trinajstić information content (AvgIpc) is 2.96. The zero-order valence-electron chi connectivity index (χ0n) is 16.1. The highest BCUT2D eigenvalue weighted by Gasteiger charge is 2.47. The maximum absolute atomic E-state index is 15.1. The van der Waals surface area contributed by atoms with Crippen LogP contribution in [0.25, 0.3) is 0 Å². The van der Waals surface area contributed by atoms with Crippen LogP contribution in [0.2, 0.25) is 0 Å². The number of nitrogens with two attached hydrogens (primary N) is 1. The first-order chi connectivity index (χ1) is 13.4. The highest BCUT2D eigenvalue weighted by atomic mass is 19.1. The number of hydrogen-bond donors (Lipinski definition) is 1. The highest BCUT2D eigenvalue weighted by Crippen LogP contribution is 2.33. The maximum Gasteiger partial charge on any atom is 0.284 e. The highest BCUT2D eigenvalue weighted by molar-refractivity contribution is 5.90. The zero-order valence-corrected chi connectivity index (χ0v) is 16.1. The van der Waals surface area contributed by atoms with Crippen molar-refractivity contribution in [2.75, 3.05) is 19.8 Å². The van der Waals surface area contributed by atoms with Gasteiger partial charge in [-0.3, -0.25) is 14.2 Å². The van der Waals surface area contributed by atoms with Crippen molar-refractivity contribution in [1.82, 2.24) is 9.55 Å². The smallest absolute Gasteiger partial charge is 0.284 e. The number of unbranched alkanes of at least 4 members (excludes halogenated alkanes) is 2. The average molecular weight is 403 g/mol. The Bertz CT molecular complexity index is 715. The molecule has 4 atom stereocenters. The van der Waals surface area contributed by atoms with E-state index in [1.165, 1.54) is 0 Å². The molecule has 0 aliphatic carbocycles. The predicted octanol–water partition coefficient (Wildman–Crippen LogP) is 1.72. The van der Waals surface area contributed by atoms with E-state index in [9.17, 15) is 14.0 Å². The molecule has 0 bridgehead atoms. The summed E-state index contributed by atoms with van der Waals surface area (Å²) in [5.41, 5.74) is 3.21. The molecule has 2 rings (SSSR count). The van der Waals surface area contributed by atoms with Gasteiger partial charge >= 0.3 is 0 Å². The van der Waals surface area contributed by atoms with E-state index in [1.807, 2.05) is 13.8 Å². The van der Waals surface area contributed by atoms with Crippen LogP contribution in [0.4, 0.5) is 8.78 Å². The van der Waals surface area contributed by atoms with Gasteiger partial charge in [-0.25, -0.2) is 9.37 Å². The summed E-state index contributed by atoms with van der Waals surface area (Å²) in [5.74, 6) is -2.35. The Balaban J connectivity index is 2.25. The number of halogens is 2. The van der Waals surface area contributed by atoms with Crippen molar-refractivity contribution < 1.29 is 27.8 Å². The molecule has 1 fully saturated rings. The molecule has 1 amide bonds. The first kappa shape index (κ1) is 22.4. The minimum atomic E-state index is -1.77. The standard InChI is InChI=1S/C18H27F2N3O5/c1-3-5-7-26-10-11-15(27-8-6-4-2)13(20)18(28-11)23-9-12(19)22-14(16(21)24)17(23)25/h9,11,13,15,18H,3-8,10H2,1-2H3,(H2,21,24)/t11-,13+,15?,18-/m1/s1. The van der Waals surface area contributed by atoms with Gasteiger partial charge in [0.15, 0.2) is 18.1 Å². The van der Waals surface area contributed by atoms with E-state index in [2.05, 4.69) is 4.98 Å². The van der Waals surface area contributed by atoms with E-state index in [0.717, 1.165) is 25.7 Å². The van der Waals surface area contributed by atoms with Gasteiger partial charge in [-0.1, -0.05) is 26.7 Å². The number of carbonyl (C=O) groups excluding carboxylic acids is 1.